The van der Waals surface area contributed by atoms with Crippen LogP contribution in [0.25, 0.3) is 0 Å². The minimum absolute atomic E-state index is 0.00827. The van der Waals surface area contributed by atoms with Crippen molar-refractivity contribution in [2.45, 2.75) is 48.9 Å². The third-order valence-corrected chi connectivity index (χ3v) is 3.14. The lowest BCUT2D eigenvalue weighted by molar-refractivity contribution is -0.205. The second-order valence-corrected chi connectivity index (χ2v) is 5.33. The Labute approximate surface area is 94.5 Å². The molecule has 90 valence electrons. The molecular weight excluding hydrogens is 220 g/mol. The Morgan fingerprint density at radius 3 is 2.33 bits per heavy atom. The van der Waals surface area contributed by atoms with Crippen molar-refractivity contribution in [2.75, 3.05) is 6.61 Å². The van der Waals surface area contributed by atoms with Gasteiger partial charge in [0.25, 0.3) is 0 Å². The molecule has 15 heavy (non-hydrogen) atoms. The molecule has 1 aliphatic rings. The van der Waals surface area contributed by atoms with Crippen LogP contribution >= 0.6 is 11.8 Å². The van der Waals surface area contributed by atoms with Gasteiger partial charge in [-0.25, -0.2) is 0 Å². The molecule has 0 aromatic carbocycles. The van der Waals surface area contributed by atoms with Crippen LogP contribution in [0.2, 0.25) is 0 Å². The number of rotatable bonds is 3. The van der Waals surface area contributed by atoms with Gasteiger partial charge in [-0.05, 0) is 0 Å². The van der Waals surface area contributed by atoms with Crippen molar-refractivity contribution in [1.82, 2.24) is 0 Å². The van der Waals surface area contributed by atoms with Gasteiger partial charge < -0.3 is 25.2 Å². The number of thioether (sulfide) groups is 1. The van der Waals surface area contributed by atoms with Gasteiger partial charge in [-0.3, -0.25) is 0 Å². The molecular formula is C9H18O5S. The summed E-state index contributed by atoms with van der Waals surface area (Å²) >= 11 is 1.02. The van der Waals surface area contributed by atoms with E-state index in [0.29, 0.717) is 0 Å². The second-order valence-electron chi connectivity index (χ2n) is 3.75. The Kier molecular flexibility index (Phi) is 4.24. The first-order valence-electron chi connectivity index (χ1n) is 5.32. The molecule has 0 aromatic heterocycles. The van der Waals surface area contributed by atoms with Gasteiger partial charge in [0.1, 0.15) is 29.8 Å². The molecule has 0 spiro atoms. The van der Waals surface area contributed by atoms with E-state index in [4.69, 9.17) is 11.2 Å². The lowest BCUT2D eigenvalue weighted by Crippen LogP contribution is -2.57. The molecule has 0 aliphatic carbocycles. The number of aliphatic hydroxyl groups is 4. The fourth-order valence-electron chi connectivity index (χ4n) is 1.31. The summed E-state index contributed by atoms with van der Waals surface area (Å²) in [5, 5.41) is 37.7. The molecule has 6 heteroatoms. The van der Waals surface area contributed by atoms with Crippen molar-refractivity contribution in [3.8, 4) is 0 Å². The van der Waals surface area contributed by atoms with Crippen LogP contribution in [-0.4, -0.2) is 62.1 Å². The van der Waals surface area contributed by atoms with Crippen LogP contribution in [-0.2, 0) is 4.74 Å². The standard InChI is InChI=1S/C9H18O5S/c1-4(2)15-9-8(13)7(12)6(11)5(3-10)14-9/h4-13H,3H2,1-2H3/t5-,6+,7+,8-,9?/m1/s1/i9D. The molecule has 1 heterocycles. The van der Waals surface area contributed by atoms with E-state index >= 15 is 0 Å². The SMILES string of the molecule is [2H]C1(SC(C)C)O[C@H](CO)[C@H](O)[C@H](O)[C@H]1O. The zero-order valence-electron chi connectivity index (χ0n) is 9.70. The lowest BCUT2D eigenvalue weighted by Gasteiger charge is -2.40. The maximum atomic E-state index is 9.70. The van der Waals surface area contributed by atoms with Crippen molar-refractivity contribution in [1.29, 1.82) is 0 Å². The highest BCUT2D eigenvalue weighted by Gasteiger charge is 2.43. The maximum Gasteiger partial charge on any atom is 0.132 e. The van der Waals surface area contributed by atoms with E-state index < -0.39 is 36.4 Å². The van der Waals surface area contributed by atoms with E-state index in [1.54, 1.807) is 0 Å². The zero-order chi connectivity index (χ0) is 12.5. The summed E-state index contributed by atoms with van der Waals surface area (Å²) in [7, 11) is 0. The topological polar surface area (TPSA) is 90.2 Å². The van der Waals surface area contributed by atoms with E-state index in [1.165, 1.54) is 0 Å². The minimum atomic E-state index is -1.76. The van der Waals surface area contributed by atoms with Gasteiger partial charge in [0.2, 0.25) is 0 Å². The van der Waals surface area contributed by atoms with E-state index in [1.807, 2.05) is 13.8 Å². The third-order valence-electron chi connectivity index (χ3n) is 2.10. The average Bonchev–Trinajstić information content (AvgIpc) is 2.20. The predicted molar refractivity (Wildman–Crippen MR) is 56.5 cm³/mol. The molecule has 1 aliphatic heterocycles. The van der Waals surface area contributed by atoms with E-state index in [2.05, 4.69) is 0 Å². The largest absolute Gasteiger partial charge is 0.394 e. The first-order valence-corrected chi connectivity index (χ1v) is 5.70. The van der Waals surface area contributed by atoms with Crippen molar-refractivity contribution >= 4 is 11.8 Å². The molecule has 4 N–H and O–H groups in total. The summed E-state index contributed by atoms with van der Waals surface area (Å²) in [6.45, 7) is 3.13. The fourth-order valence-corrected chi connectivity index (χ4v) is 2.23. The monoisotopic (exact) mass is 239 g/mol. The van der Waals surface area contributed by atoms with E-state index in [9.17, 15) is 15.3 Å². The summed E-state index contributed by atoms with van der Waals surface area (Å²) in [5.41, 5.74) is -1.76. The Morgan fingerprint density at radius 1 is 1.27 bits per heavy atom. The third kappa shape index (κ3) is 3.05. The molecule has 1 saturated heterocycles. The Balaban J connectivity index is 2.85. The van der Waals surface area contributed by atoms with Gasteiger partial charge in [-0.15, -0.1) is 11.8 Å². The molecule has 1 unspecified atom stereocenters. The average molecular weight is 239 g/mol. The van der Waals surface area contributed by atoms with Gasteiger partial charge in [-0.1, -0.05) is 13.8 Å². The summed E-state index contributed by atoms with van der Waals surface area (Å²) in [6.07, 6.45) is -5.44. The number of ether oxygens (including phenoxy) is 1. The zero-order valence-corrected chi connectivity index (χ0v) is 9.52. The van der Waals surface area contributed by atoms with E-state index in [-0.39, 0.29) is 5.25 Å². The second kappa shape index (κ2) is 5.47. The highest BCUT2D eigenvalue weighted by molar-refractivity contribution is 8.00. The minimum Gasteiger partial charge on any atom is -0.394 e. The molecule has 5 atom stereocenters. The van der Waals surface area contributed by atoms with Crippen LogP contribution in [0.3, 0.4) is 0 Å². The molecule has 0 amide bonds. The molecule has 1 rings (SSSR count). The van der Waals surface area contributed by atoms with Gasteiger partial charge in [0.15, 0.2) is 0 Å². The fraction of sp³-hybridized carbons (Fsp3) is 1.00. The van der Waals surface area contributed by atoms with Crippen molar-refractivity contribution in [3.63, 3.8) is 0 Å². The smallest absolute Gasteiger partial charge is 0.132 e. The van der Waals surface area contributed by atoms with Crippen LogP contribution in [0, 0.1) is 0 Å². The molecule has 5 nitrogen and oxygen atoms in total. The summed E-state index contributed by atoms with van der Waals surface area (Å²) in [4.78, 5) is 0. The summed E-state index contributed by atoms with van der Waals surface area (Å²) in [6, 6.07) is 0. The van der Waals surface area contributed by atoms with Gasteiger partial charge in [0, 0.05) is 5.25 Å². The number of aliphatic hydroxyl groups excluding tert-OH is 4. The number of hydrogen-bond donors (Lipinski definition) is 4. The van der Waals surface area contributed by atoms with Crippen LogP contribution in [0.5, 0.6) is 0 Å². The molecule has 0 saturated carbocycles. The molecule has 0 aromatic rings. The van der Waals surface area contributed by atoms with E-state index in [0.717, 1.165) is 11.8 Å². The maximum absolute atomic E-state index is 9.70. The van der Waals surface area contributed by atoms with Crippen molar-refractivity contribution < 1.29 is 26.5 Å². The van der Waals surface area contributed by atoms with Crippen LogP contribution in [0.15, 0.2) is 0 Å². The number of hydrogen-bond acceptors (Lipinski definition) is 6. The Bertz CT molecular complexity index is 240. The Hall–Kier alpha value is 0.150. The van der Waals surface area contributed by atoms with Crippen molar-refractivity contribution in [2.24, 2.45) is 0 Å². The lowest BCUT2D eigenvalue weighted by atomic mass is 10.0. The van der Waals surface area contributed by atoms with Gasteiger partial charge in [-0.2, -0.15) is 0 Å². The predicted octanol–water partition coefficient (Wildman–Crippen LogP) is -1.07. The van der Waals surface area contributed by atoms with Gasteiger partial charge in [0.05, 0.1) is 7.98 Å². The summed E-state index contributed by atoms with van der Waals surface area (Å²) in [5.74, 6) is 0. The highest BCUT2D eigenvalue weighted by Crippen LogP contribution is 2.30. The van der Waals surface area contributed by atoms with Crippen molar-refractivity contribution in [3.05, 3.63) is 0 Å². The summed E-state index contributed by atoms with van der Waals surface area (Å²) < 4.78 is 13.1. The quantitative estimate of drug-likeness (QED) is 0.501. The highest BCUT2D eigenvalue weighted by atomic mass is 32.2. The molecule has 0 radical (unpaired) electrons. The van der Waals surface area contributed by atoms with Crippen LogP contribution in [0.1, 0.15) is 15.2 Å². The molecule has 0 bridgehead atoms. The molecule has 1 fully saturated rings. The first-order chi connectivity index (χ1) is 7.31. The van der Waals surface area contributed by atoms with Crippen LogP contribution < -0.4 is 0 Å². The van der Waals surface area contributed by atoms with Gasteiger partial charge >= 0.3 is 0 Å². The normalized spacial score (nSPS) is 48.1. The first kappa shape index (κ1) is 11.6. The van der Waals surface area contributed by atoms with Crippen LogP contribution in [0.4, 0.5) is 0 Å². The Morgan fingerprint density at radius 2 is 1.87 bits per heavy atom.